The lowest BCUT2D eigenvalue weighted by Gasteiger charge is -2.27. The average Bonchev–Trinajstić information content (AvgIpc) is 2.43. The highest BCUT2D eigenvalue weighted by atomic mass is 19.1. The van der Waals surface area contributed by atoms with Crippen LogP contribution in [0.25, 0.3) is 0 Å². The molecule has 1 unspecified atom stereocenters. The second-order valence-electron chi connectivity index (χ2n) is 5.70. The Kier molecular flexibility index (Phi) is 5.70. The van der Waals surface area contributed by atoms with Gasteiger partial charge in [0.05, 0.1) is 12.6 Å². The number of halogens is 1. The molecule has 4 nitrogen and oxygen atoms in total. The van der Waals surface area contributed by atoms with E-state index in [9.17, 15) is 9.18 Å². The molecule has 5 heteroatoms. The van der Waals surface area contributed by atoms with E-state index < -0.39 is 0 Å². The largest absolute Gasteiger partial charge is 0.377 e. The number of carbonyl (C=O) groups excluding carboxylic acids is 1. The van der Waals surface area contributed by atoms with Crippen molar-refractivity contribution in [1.82, 2.24) is 4.90 Å². The van der Waals surface area contributed by atoms with Crippen LogP contribution in [0.15, 0.2) is 18.2 Å². The second-order valence-corrected chi connectivity index (χ2v) is 5.70. The van der Waals surface area contributed by atoms with E-state index in [0.717, 1.165) is 26.0 Å². The average molecular weight is 294 g/mol. The minimum Gasteiger partial charge on any atom is -0.377 e. The summed E-state index contributed by atoms with van der Waals surface area (Å²) in [7, 11) is 1.90. The Morgan fingerprint density at radius 1 is 1.48 bits per heavy atom. The summed E-state index contributed by atoms with van der Waals surface area (Å²) >= 11 is 0. The van der Waals surface area contributed by atoms with Crippen molar-refractivity contribution in [2.75, 3.05) is 32.1 Å². The van der Waals surface area contributed by atoms with E-state index in [1.54, 1.807) is 19.1 Å². The molecular formula is C16H23FN2O2. The lowest BCUT2D eigenvalue weighted by Crippen LogP contribution is -2.37. The summed E-state index contributed by atoms with van der Waals surface area (Å²) in [6.45, 7) is 3.53. The zero-order valence-electron chi connectivity index (χ0n) is 12.7. The normalized spacial score (nSPS) is 18.8. The topological polar surface area (TPSA) is 41.6 Å². The Morgan fingerprint density at radius 2 is 2.29 bits per heavy atom. The van der Waals surface area contributed by atoms with Gasteiger partial charge in [-0.15, -0.1) is 0 Å². The molecule has 1 aliphatic heterocycles. The predicted octanol–water partition coefficient (Wildman–Crippen LogP) is 2.57. The number of amides is 1. The highest BCUT2D eigenvalue weighted by Gasteiger charge is 2.17. The summed E-state index contributed by atoms with van der Waals surface area (Å²) in [6.07, 6.45) is 3.58. The first-order valence-corrected chi connectivity index (χ1v) is 7.41. The molecule has 0 aliphatic carbocycles. The van der Waals surface area contributed by atoms with E-state index in [2.05, 4.69) is 5.32 Å². The first kappa shape index (κ1) is 15.9. The third-order valence-corrected chi connectivity index (χ3v) is 3.66. The number of aryl methyl sites for hydroxylation is 1. The van der Waals surface area contributed by atoms with E-state index in [0.29, 0.717) is 11.3 Å². The van der Waals surface area contributed by atoms with Crippen molar-refractivity contribution in [2.45, 2.75) is 32.3 Å². The summed E-state index contributed by atoms with van der Waals surface area (Å²) < 4.78 is 19.1. The maximum atomic E-state index is 13.4. The van der Waals surface area contributed by atoms with Gasteiger partial charge in [0.1, 0.15) is 5.82 Å². The molecule has 0 spiro atoms. The quantitative estimate of drug-likeness (QED) is 0.907. The van der Waals surface area contributed by atoms with Gasteiger partial charge in [-0.2, -0.15) is 0 Å². The van der Waals surface area contributed by atoms with Gasteiger partial charge in [-0.25, -0.2) is 4.39 Å². The molecule has 1 N–H and O–H groups in total. The van der Waals surface area contributed by atoms with Crippen LogP contribution < -0.4 is 5.32 Å². The van der Waals surface area contributed by atoms with Gasteiger partial charge in [-0.05, 0) is 50.9 Å². The molecule has 1 aromatic carbocycles. The third kappa shape index (κ3) is 5.10. The summed E-state index contributed by atoms with van der Waals surface area (Å²) in [5.74, 6) is -0.451. The molecule has 1 heterocycles. The van der Waals surface area contributed by atoms with Crippen LogP contribution >= 0.6 is 0 Å². The van der Waals surface area contributed by atoms with Crippen molar-refractivity contribution < 1.29 is 13.9 Å². The summed E-state index contributed by atoms with van der Waals surface area (Å²) in [5, 5.41) is 2.72. The Morgan fingerprint density at radius 3 is 2.95 bits per heavy atom. The molecule has 116 valence electrons. The number of anilines is 1. The van der Waals surface area contributed by atoms with Crippen LogP contribution in [0.5, 0.6) is 0 Å². The van der Waals surface area contributed by atoms with Crippen LogP contribution in [-0.4, -0.2) is 43.7 Å². The maximum Gasteiger partial charge on any atom is 0.238 e. The highest BCUT2D eigenvalue weighted by molar-refractivity contribution is 5.92. The number of ether oxygens (including phenoxy) is 1. The number of nitrogens with one attached hydrogen (secondary N) is 1. The fourth-order valence-corrected chi connectivity index (χ4v) is 2.48. The second kappa shape index (κ2) is 7.52. The summed E-state index contributed by atoms with van der Waals surface area (Å²) in [6, 6.07) is 4.71. The molecule has 0 radical (unpaired) electrons. The SMILES string of the molecule is Cc1ccc(NC(=O)CN(C)CC2CCCCO2)cc1F. The van der Waals surface area contributed by atoms with Gasteiger partial charge in [0.2, 0.25) is 5.91 Å². The molecule has 1 saturated heterocycles. The maximum absolute atomic E-state index is 13.4. The first-order chi connectivity index (χ1) is 10.0. The Labute approximate surface area is 125 Å². The van der Waals surface area contributed by atoms with Crippen LogP contribution in [0.4, 0.5) is 10.1 Å². The van der Waals surface area contributed by atoms with Crippen molar-refractivity contribution in [3.05, 3.63) is 29.6 Å². The number of hydrogen-bond acceptors (Lipinski definition) is 3. The fraction of sp³-hybridized carbons (Fsp3) is 0.562. The molecule has 2 rings (SSSR count). The number of likely N-dealkylation sites (N-methyl/N-ethyl adjacent to an activating group) is 1. The minimum atomic E-state index is -0.309. The van der Waals surface area contributed by atoms with E-state index in [1.807, 2.05) is 11.9 Å². The standard InChI is InChI=1S/C16H23FN2O2/c1-12-6-7-13(9-15(12)17)18-16(20)11-19(2)10-14-5-3-4-8-21-14/h6-7,9,14H,3-5,8,10-11H2,1-2H3,(H,18,20). The Balaban J connectivity index is 1.78. The highest BCUT2D eigenvalue weighted by Crippen LogP contribution is 2.15. The lowest BCUT2D eigenvalue weighted by molar-refractivity contribution is -0.117. The van der Waals surface area contributed by atoms with Gasteiger partial charge in [0.25, 0.3) is 0 Å². The van der Waals surface area contributed by atoms with Crippen molar-refractivity contribution in [2.24, 2.45) is 0 Å². The summed E-state index contributed by atoms with van der Waals surface area (Å²) in [4.78, 5) is 13.9. The zero-order valence-corrected chi connectivity index (χ0v) is 12.7. The third-order valence-electron chi connectivity index (χ3n) is 3.66. The molecule has 0 bridgehead atoms. The number of hydrogen-bond donors (Lipinski definition) is 1. The van der Waals surface area contributed by atoms with Crippen molar-refractivity contribution in [3.63, 3.8) is 0 Å². The summed E-state index contributed by atoms with van der Waals surface area (Å²) in [5.41, 5.74) is 1.06. The molecule has 0 saturated carbocycles. The molecule has 1 fully saturated rings. The molecule has 0 aromatic heterocycles. The minimum absolute atomic E-state index is 0.142. The molecule has 21 heavy (non-hydrogen) atoms. The van der Waals surface area contributed by atoms with Gasteiger partial charge >= 0.3 is 0 Å². The van der Waals surface area contributed by atoms with Crippen LogP contribution in [0.2, 0.25) is 0 Å². The van der Waals surface area contributed by atoms with Gasteiger partial charge in [0.15, 0.2) is 0 Å². The van der Waals surface area contributed by atoms with Crippen LogP contribution in [0, 0.1) is 12.7 Å². The fourth-order valence-electron chi connectivity index (χ4n) is 2.48. The van der Waals surface area contributed by atoms with Crippen molar-refractivity contribution in [3.8, 4) is 0 Å². The number of rotatable bonds is 5. The van der Waals surface area contributed by atoms with Gasteiger partial charge in [-0.1, -0.05) is 6.07 Å². The van der Waals surface area contributed by atoms with E-state index in [-0.39, 0.29) is 24.4 Å². The van der Waals surface area contributed by atoms with Crippen LogP contribution in [0.3, 0.4) is 0 Å². The number of carbonyl (C=O) groups is 1. The molecule has 1 aromatic rings. The van der Waals surface area contributed by atoms with E-state index in [1.165, 1.54) is 12.5 Å². The van der Waals surface area contributed by atoms with Crippen molar-refractivity contribution in [1.29, 1.82) is 0 Å². The molecule has 1 atom stereocenters. The number of benzene rings is 1. The first-order valence-electron chi connectivity index (χ1n) is 7.41. The van der Waals surface area contributed by atoms with Gasteiger partial charge in [-0.3, -0.25) is 9.69 Å². The van der Waals surface area contributed by atoms with Crippen LogP contribution in [0.1, 0.15) is 24.8 Å². The monoisotopic (exact) mass is 294 g/mol. The Bertz CT molecular complexity index is 487. The predicted molar refractivity (Wildman–Crippen MR) is 80.9 cm³/mol. The molecule has 1 amide bonds. The zero-order chi connectivity index (χ0) is 15.2. The number of nitrogens with zero attached hydrogens (tertiary/aromatic N) is 1. The van der Waals surface area contributed by atoms with E-state index in [4.69, 9.17) is 4.74 Å². The smallest absolute Gasteiger partial charge is 0.238 e. The van der Waals surface area contributed by atoms with E-state index >= 15 is 0 Å². The lowest BCUT2D eigenvalue weighted by atomic mass is 10.1. The molecular weight excluding hydrogens is 271 g/mol. The van der Waals surface area contributed by atoms with Crippen LogP contribution in [-0.2, 0) is 9.53 Å². The van der Waals surface area contributed by atoms with Gasteiger partial charge < -0.3 is 10.1 Å². The van der Waals surface area contributed by atoms with Gasteiger partial charge in [0, 0.05) is 18.8 Å². The molecule has 1 aliphatic rings. The Hall–Kier alpha value is -1.46. The van der Waals surface area contributed by atoms with Crippen molar-refractivity contribution >= 4 is 11.6 Å².